The van der Waals surface area contributed by atoms with Gasteiger partial charge in [0.1, 0.15) is 0 Å². The number of amides is 1. The molecule has 1 aliphatic rings. The Hall–Kier alpha value is -0.440. The molecule has 1 aliphatic heterocycles. The van der Waals surface area contributed by atoms with Gasteiger partial charge >= 0.3 is 0 Å². The smallest absolute Gasteiger partial charge is 0.220 e. The molecule has 0 bridgehead atoms. The van der Waals surface area contributed by atoms with Crippen LogP contribution in [0.5, 0.6) is 0 Å². The van der Waals surface area contributed by atoms with E-state index in [1.165, 1.54) is 24.3 Å². The average Bonchev–Trinajstić information content (AvgIpc) is 2.20. The Labute approximate surface area is 90.5 Å². The molecule has 0 aromatic carbocycles. The number of hydrogen-bond acceptors (Lipinski definition) is 2. The van der Waals surface area contributed by atoms with Crippen molar-refractivity contribution in [2.45, 2.75) is 25.7 Å². The molecule has 0 unspecified atom stereocenters. The molecule has 0 aliphatic carbocycles. The molecule has 1 heterocycles. The van der Waals surface area contributed by atoms with Crippen LogP contribution in [0, 0.1) is 5.92 Å². The summed E-state index contributed by atoms with van der Waals surface area (Å²) in [6, 6.07) is 0. The van der Waals surface area contributed by atoms with Gasteiger partial charge in [0.15, 0.2) is 0 Å². The van der Waals surface area contributed by atoms with Crippen molar-refractivity contribution in [1.82, 2.24) is 5.32 Å². The van der Waals surface area contributed by atoms with Gasteiger partial charge in [-0.25, -0.2) is 0 Å². The van der Waals surface area contributed by atoms with Crippen LogP contribution in [-0.2, 0) is 4.79 Å². The van der Waals surface area contributed by atoms with Crippen LogP contribution in [0.1, 0.15) is 25.7 Å². The molecule has 1 rings (SSSR count). The predicted molar refractivity (Wildman–Crippen MR) is 62.5 cm³/mol. The topological polar surface area (TPSA) is 29.1 Å². The fourth-order valence-electron chi connectivity index (χ4n) is 1.60. The third-order valence-electron chi connectivity index (χ3n) is 2.49. The highest BCUT2D eigenvalue weighted by Crippen LogP contribution is 2.24. The summed E-state index contributed by atoms with van der Waals surface area (Å²) >= 11 is 2.00. The van der Waals surface area contributed by atoms with E-state index in [9.17, 15) is 4.79 Å². The first kappa shape index (κ1) is 11.6. The molecule has 1 saturated heterocycles. The molecule has 2 nitrogen and oxygen atoms in total. The lowest BCUT2D eigenvalue weighted by Crippen LogP contribution is -2.27. The average molecular weight is 213 g/mol. The second-order valence-electron chi connectivity index (χ2n) is 3.69. The van der Waals surface area contributed by atoms with E-state index in [1.807, 2.05) is 17.8 Å². The van der Waals surface area contributed by atoms with Gasteiger partial charge in [0.2, 0.25) is 5.91 Å². The van der Waals surface area contributed by atoms with Crippen molar-refractivity contribution in [2.24, 2.45) is 5.92 Å². The van der Waals surface area contributed by atoms with E-state index in [2.05, 4.69) is 11.9 Å². The van der Waals surface area contributed by atoms with Gasteiger partial charge in [-0.15, -0.1) is 6.58 Å². The highest BCUT2D eigenvalue weighted by molar-refractivity contribution is 7.99. The molecule has 3 heteroatoms. The summed E-state index contributed by atoms with van der Waals surface area (Å²) in [4.78, 5) is 11.4. The molecular formula is C11H19NOS. The molecular weight excluding hydrogens is 194 g/mol. The maximum absolute atomic E-state index is 11.4. The minimum absolute atomic E-state index is 0.212. The number of hydrogen-bond donors (Lipinski definition) is 1. The van der Waals surface area contributed by atoms with Gasteiger partial charge in [0.25, 0.3) is 0 Å². The summed E-state index contributed by atoms with van der Waals surface area (Å²) in [7, 11) is 0. The van der Waals surface area contributed by atoms with Crippen molar-refractivity contribution in [3.63, 3.8) is 0 Å². The van der Waals surface area contributed by atoms with Crippen molar-refractivity contribution in [3.05, 3.63) is 12.7 Å². The van der Waals surface area contributed by atoms with Crippen LogP contribution in [0.15, 0.2) is 12.7 Å². The maximum atomic E-state index is 11.4. The summed E-state index contributed by atoms with van der Waals surface area (Å²) in [5, 5.41) is 2.91. The maximum Gasteiger partial charge on any atom is 0.220 e. The second-order valence-corrected chi connectivity index (χ2v) is 4.91. The molecule has 1 N–H and O–H groups in total. The van der Waals surface area contributed by atoms with E-state index in [1.54, 1.807) is 0 Å². The lowest BCUT2D eigenvalue weighted by atomic mass is 9.98. The lowest BCUT2D eigenvalue weighted by Gasteiger charge is -2.20. The van der Waals surface area contributed by atoms with E-state index < -0.39 is 0 Å². The van der Waals surface area contributed by atoms with Crippen molar-refractivity contribution in [1.29, 1.82) is 0 Å². The third kappa shape index (κ3) is 4.70. The normalized spacial score (nSPS) is 17.7. The zero-order valence-corrected chi connectivity index (χ0v) is 9.44. The van der Waals surface area contributed by atoms with Gasteiger partial charge in [-0.1, -0.05) is 6.08 Å². The van der Waals surface area contributed by atoms with Crippen molar-refractivity contribution in [2.75, 3.05) is 18.1 Å². The third-order valence-corrected chi connectivity index (χ3v) is 3.53. The van der Waals surface area contributed by atoms with Crippen LogP contribution in [0.2, 0.25) is 0 Å². The summed E-state index contributed by atoms with van der Waals surface area (Å²) in [5.74, 6) is 3.29. The summed E-state index contributed by atoms with van der Waals surface area (Å²) in [6.07, 6.45) is 5.83. The second kappa shape index (κ2) is 6.93. The molecule has 1 fully saturated rings. The number of carbonyl (C=O) groups excluding carboxylic acids is 1. The van der Waals surface area contributed by atoms with Gasteiger partial charge in [-0.3, -0.25) is 4.79 Å². The van der Waals surface area contributed by atoms with Crippen LogP contribution in [-0.4, -0.2) is 24.0 Å². The molecule has 0 radical (unpaired) electrons. The number of thioether (sulfide) groups is 1. The van der Waals surface area contributed by atoms with Gasteiger partial charge < -0.3 is 5.32 Å². The summed E-state index contributed by atoms with van der Waals surface area (Å²) in [5.41, 5.74) is 0. The van der Waals surface area contributed by atoms with Gasteiger partial charge in [0.05, 0.1) is 0 Å². The highest BCUT2D eigenvalue weighted by atomic mass is 32.2. The molecule has 0 saturated carbocycles. The summed E-state index contributed by atoms with van der Waals surface area (Å²) in [6.45, 7) is 4.36. The Bertz CT molecular complexity index is 188. The van der Waals surface area contributed by atoms with E-state index in [4.69, 9.17) is 0 Å². The number of nitrogens with one attached hydrogen (secondary N) is 1. The van der Waals surface area contributed by atoms with Gasteiger partial charge in [-0.2, -0.15) is 11.8 Å². The van der Waals surface area contributed by atoms with Crippen LogP contribution < -0.4 is 5.32 Å². The minimum atomic E-state index is 0.212. The zero-order chi connectivity index (χ0) is 10.2. The van der Waals surface area contributed by atoms with E-state index in [-0.39, 0.29) is 5.91 Å². The first-order chi connectivity index (χ1) is 6.83. The standard InChI is InChI=1S/C11H19NOS/c1-2-3-6-12-11(13)9-10-4-7-14-8-5-10/h2,10H,1,3-9H2,(H,12,13). The van der Waals surface area contributed by atoms with Gasteiger partial charge in [-0.05, 0) is 36.7 Å². The Balaban J connectivity index is 2.09. The molecule has 0 aromatic heterocycles. The Morgan fingerprint density at radius 3 is 2.86 bits per heavy atom. The fraction of sp³-hybridized carbons (Fsp3) is 0.727. The molecule has 14 heavy (non-hydrogen) atoms. The van der Waals surface area contributed by atoms with Crippen LogP contribution >= 0.6 is 11.8 Å². The van der Waals surface area contributed by atoms with Crippen molar-refractivity contribution < 1.29 is 4.79 Å². The van der Waals surface area contributed by atoms with E-state index in [0.29, 0.717) is 5.92 Å². The molecule has 0 atom stereocenters. The molecule has 1 amide bonds. The fourth-order valence-corrected chi connectivity index (χ4v) is 2.80. The molecule has 0 aromatic rings. The number of carbonyl (C=O) groups is 1. The van der Waals surface area contributed by atoms with Crippen molar-refractivity contribution in [3.8, 4) is 0 Å². The Kier molecular flexibility index (Phi) is 5.76. The lowest BCUT2D eigenvalue weighted by molar-refractivity contribution is -0.122. The molecule has 0 spiro atoms. The quantitative estimate of drug-likeness (QED) is 0.560. The van der Waals surface area contributed by atoms with Crippen molar-refractivity contribution >= 4 is 17.7 Å². The first-order valence-electron chi connectivity index (χ1n) is 5.28. The Morgan fingerprint density at radius 2 is 2.21 bits per heavy atom. The molecule has 80 valence electrons. The first-order valence-corrected chi connectivity index (χ1v) is 6.43. The van der Waals surface area contributed by atoms with Crippen LogP contribution in [0.3, 0.4) is 0 Å². The monoisotopic (exact) mass is 213 g/mol. The minimum Gasteiger partial charge on any atom is -0.356 e. The van der Waals surface area contributed by atoms with E-state index in [0.717, 1.165) is 19.4 Å². The zero-order valence-electron chi connectivity index (χ0n) is 8.63. The van der Waals surface area contributed by atoms with Crippen LogP contribution in [0.4, 0.5) is 0 Å². The largest absolute Gasteiger partial charge is 0.356 e. The van der Waals surface area contributed by atoms with E-state index >= 15 is 0 Å². The Morgan fingerprint density at radius 1 is 1.50 bits per heavy atom. The van der Waals surface area contributed by atoms with Crippen LogP contribution in [0.25, 0.3) is 0 Å². The summed E-state index contributed by atoms with van der Waals surface area (Å²) < 4.78 is 0. The predicted octanol–water partition coefficient (Wildman–Crippen LogP) is 2.21. The highest BCUT2D eigenvalue weighted by Gasteiger charge is 2.16. The number of rotatable bonds is 5. The van der Waals surface area contributed by atoms with Gasteiger partial charge in [0, 0.05) is 13.0 Å². The SMILES string of the molecule is C=CCCNC(=O)CC1CCSCC1.